The minimum atomic E-state index is -1.06. The molecule has 0 fully saturated rings. The Morgan fingerprint density at radius 2 is 2.22 bits per heavy atom. The fourth-order valence-corrected chi connectivity index (χ4v) is 1.35. The fourth-order valence-electron chi connectivity index (χ4n) is 1.35. The standard InChI is InChI=1S/C12H17N3O3/c1-3-15(8-10-6-4-5-7-13-10)12(18)14-9(2)11(16)17/h4-7,9H,3,8H2,1-2H3,(H,14,18)(H,16,17). The van der Waals surface area contributed by atoms with Crippen molar-refractivity contribution in [1.82, 2.24) is 15.2 Å². The number of aliphatic carboxylic acids is 1. The van der Waals surface area contributed by atoms with Crippen molar-refractivity contribution in [1.29, 1.82) is 0 Å². The van der Waals surface area contributed by atoms with Crippen LogP contribution in [-0.4, -0.2) is 39.6 Å². The molecule has 0 bridgehead atoms. The summed E-state index contributed by atoms with van der Waals surface area (Å²) < 4.78 is 0. The first-order chi connectivity index (χ1) is 8.54. The van der Waals surface area contributed by atoms with Gasteiger partial charge in [-0.05, 0) is 26.0 Å². The monoisotopic (exact) mass is 251 g/mol. The zero-order chi connectivity index (χ0) is 13.5. The first-order valence-electron chi connectivity index (χ1n) is 5.72. The molecular formula is C12H17N3O3. The van der Waals surface area contributed by atoms with Gasteiger partial charge in [0.15, 0.2) is 0 Å². The van der Waals surface area contributed by atoms with E-state index in [1.54, 1.807) is 12.3 Å². The number of nitrogens with zero attached hydrogens (tertiary/aromatic N) is 2. The normalized spacial score (nSPS) is 11.7. The summed E-state index contributed by atoms with van der Waals surface area (Å²) in [6, 6.07) is 4.14. The molecule has 1 unspecified atom stereocenters. The van der Waals surface area contributed by atoms with Crippen LogP contribution in [0.4, 0.5) is 4.79 Å². The Morgan fingerprint density at radius 3 is 2.72 bits per heavy atom. The lowest BCUT2D eigenvalue weighted by atomic mass is 10.3. The van der Waals surface area contributed by atoms with Gasteiger partial charge in [0, 0.05) is 12.7 Å². The number of amides is 2. The fraction of sp³-hybridized carbons (Fsp3) is 0.417. The number of rotatable bonds is 5. The number of pyridine rings is 1. The number of aromatic nitrogens is 1. The minimum absolute atomic E-state index is 0.357. The summed E-state index contributed by atoms with van der Waals surface area (Å²) in [5.74, 6) is -1.06. The number of nitrogens with one attached hydrogen (secondary N) is 1. The first-order valence-corrected chi connectivity index (χ1v) is 5.72. The Bertz CT molecular complexity index is 408. The third-order valence-corrected chi connectivity index (χ3v) is 2.46. The average molecular weight is 251 g/mol. The molecule has 0 saturated heterocycles. The summed E-state index contributed by atoms with van der Waals surface area (Å²) in [7, 11) is 0. The summed E-state index contributed by atoms with van der Waals surface area (Å²) in [4.78, 5) is 28.1. The molecule has 1 rings (SSSR count). The predicted molar refractivity (Wildman–Crippen MR) is 66.0 cm³/mol. The maximum Gasteiger partial charge on any atom is 0.325 e. The highest BCUT2D eigenvalue weighted by atomic mass is 16.4. The Morgan fingerprint density at radius 1 is 1.50 bits per heavy atom. The van der Waals surface area contributed by atoms with E-state index >= 15 is 0 Å². The van der Waals surface area contributed by atoms with Crippen LogP contribution < -0.4 is 5.32 Å². The van der Waals surface area contributed by atoms with E-state index in [0.29, 0.717) is 13.1 Å². The predicted octanol–water partition coefficient (Wildman–Crippen LogP) is 1.09. The van der Waals surface area contributed by atoms with Crippen LogP contribution in [0.1, 0.15) is 19.5 Å². The SMILES string of the molecule is CCN(Cc1ccccn1)C(=O)NC(C)C(=O)O. The quantitative estimate of drug-likeness (QED) is 0.820. The molecule has 1 aromatic rings. The number of urea groups is 1. The summed E-state index contributed by atoms with van der Waals surface area (Å²) in [5.41, 5.74) is 0.762. The van der Waals surface area contributed by atoms with Crippen LogP contribution in [0.15, 0.2) is 24.4 Å². The van der Waals surface area contributed by atoms with Crippen LogP contribution in [0.5, 0.6) is 0 Å². The smallest absolute Gasteiger partial charge is 0.325 e. The maximum absolute atomic E-state index is 11.8. The van der Waals surface area contributed by atoms with Gasteiger partial charge >= 0.3 is 12.0 Å². The van der Waals surface area contributed by atoms with Crippen molar-refractivity contribution in [3.05, 3.63) is 30.1 Å². The summed E-state index contributed by atoms with van der Waals surface area (Å²) in [6.45, 7) is 4.09. The van der Waals surface area contributed by atoms with Crippen LogP contribution in [0, 0.1) is 0 Å². The maximum atomic E-state index is 11.8. The van der Waals surface area contributed by atoms with Gasteiger partial charge in [0.05, 0.1) is 12.2 Å². The number of carbonyl (C=O) groups excluding carboxylic acids is 1. The summed E-state index contributed by atoms with van der Waals surface area (Å²) in [6.07, 6.45) is 1.65. The van der Waals surface area contributed by atoms with E-state index in [0.717, 1.165) is 5.69 Å². The molecule has 18 heavy (non-hydrogen) atoms. The lowest BCUT2D eigenvalue weighted by molar-refractivity contribution is -0.138. The highest BCUT2D eigenvalue weighted by Crippen LogP contribution is 2.01. The highest BCUT2D eigenvalue weighted by Gasteiger charge is 2.18. The Hall–Kier alpha value is -2.11. The van der Waals surface area contributed by atoms with E-state index in [-0.39, 0.29) is 0 Å². The van der Waals surface area contributed by atoms with Crippen molar-refractivity contribution >= 4 is 12.0 Å². The molecule has 0 aliphatic carbocycles. The van der Waals surface area contributed by atoms with Gasteiger partial charge in [0.1, 0.15) is 6.04 Å². The van der Waals surface area contributed by atoms with E-state index in [4.69, 9.17) is 5.11 Å². The van der Waals surface area contributed by atoms with Crippen molar-refractivity contribution in [3.8, 4) is 0 Å². The third-order valence-electron chi connectivity index (χ3n) is 2.46. The van der Waals surface area contributed by atoms with Crippen LogP contribution in [0.3, 0.4) is 0 Å². The van der Waals surface area contributed by atoms with E-state index in [1.165, 1.54) is 11.8 Å². The molecule has 6 nitrogen and oxygen atoms in total. The van der Waals surface area contributed by atoms with Gasteiger partial charge in [-0.1, -0.05) is 6.07 Å². The Kier molecular flexibility index (Phi) is 5.10. The van der Waals surface area contributed by atoms with Crippen molar-refractivity contribution < 1.29 is 14.7 Å². The second-order valence-corrected chi connectivity index (χ2v) is 3.84. The van der Waals surface area contributed by atoms with Gasteiger partial charge in [-0.2, -0.15) is 0 Å². The topological polar surface area (TPSA) is 82.5 Å². The van der Waals surface area contributed by atoms with Crippen molar-refractivity contribution in [2.24, 2.45) is 0 Å². The molecule has 0 aliphatic heterocycles. The molecular weight excluding hydrogens is 234 g/mol. The molecule has 6 heteroatoms. The molecule has 1 aromatic heterocycles. The second-order valence-electron chi connectivity index (χ2n) is 3.84. The van der Waals surface area contributed by atoms with Gasteiger partial charge in [-0.25, -0.2) is 4.79 Å². The third kappa shape index (κ3) is 4.04. The van der Waals surface area contributed by atoms with E-state index in [1.807, 2.05) is 19.1 Å². The number of carbonyl (C=O) groups is 2. The Labute approximate surface area is 106 Å². The number of carboxylic acid groups (broad SMARTS) is 1. The van der Waals surface area contributed by atoms with E-state index in [9.17, 15) is 9.59 Å². The van der Waals surface area contributed by atoms with Crippen LogP contribution in [0.25, 0.3) is 0 Å². The minimum Gasteiger partial charge on any atom is -0.480 e. The van der Waals surface area contributed by atoms with E-state index < -0.39 is 18.0 Å². The highest BCUT2D eigenvalue weighted by molar-refractivity contribution is 5.82. The zero-order valence-corrected chi connectivity index (χ0v) is 10.5. The number of hydrogen-bond acceptors (Lipinski definition) is 3. The Balaban J connectivity index is 2.61. The largest absolute Gasteiger partial charge is 0.480 e. The molecule has 1 heterocycles. The van der Waals surface area contributed by atoms with Crippen LogP contribution in [-0.2, 0) is 11.3 Å². The van der Waals surface area contributed by atoms with Gasteiger partial charge in [0.25, 0.3) is 0 Å². The van der Waals surface area contributed by atoms with Gasteiger partial charge in [0.2, 0.25) is 0 Å². The molecule has 0 aliphatic rings. The number of carboxylic acids is 1. The van der Waals surface area contributed by atoms with Gasteiger partial charge in [-0.3, -0.25) is 9.78 Å². The molecule has 98 valence electrons. The first kappa shape index (κ1) is 14.0. The van der Waals surface area contributed by atoms with Crippen LogP contribution >= 0.6 is 0 Å². The molecule has 0 aromatic carbocycles. The van der Waals surface area contributed by atoms with Crippen molar-refractivity contribution in [2.45, 2.75) is 26.4 Å². The summed E-state index contributed by atoms with van der Waals surface area (Å²) >= 11 is 0. The second kappa shape index (κ2) is 6.58. The van der Waals surface area contributed by atoms with E-state index in [2.05, 4.69) is 10.3 Å². The van der Waals surface area contributed by atoms with Gasteiger partial charge < -0.3 is 15.3 Å². The molecule has 1 atom stereocenters. The molecule has 2 N–H and O–H groups in total. The molecule has 0 radical (unpaired) electrons. The van der Waals surface area contributed by atoms with Crippen molar-refractivity contribution in [2.75, 3.05) is 6.54 Å². The lowest BCUT2D eigenvalue weighted by Gasteiger charge is -2.22. The summed E-state index contributed by atoms with van der Waals surface area (Å²) in [5, 5.41) is 11.1. The lowest BCUT2D eigenvalue weighted by Crippen LogP contribution is -2.46. The number of hydrogen-bond donors (Lipinski definition) is 2. The molecule has 0 spiro atoms. The average Bonchev–Trinajstić information content (AvgIpc) is 2.36. The van der Waals surface area contributed by atoms with Gasteiger partial charge in [-0.15, -0.1) is 0 Å². The van der Waals surface area contributed by atoms with Crippen LogP contribution in [0.2, 0.25) is 0 Å². The molecule has 0 saturated carbocycles. The molecule has 2 amide bonds. The van der Waals surface area contributed by atoms with Crippen molar-refractivity contribution in [3.63, 3.8) is 0 Å². The zero-order valence-electron chi connectivity index (χ0n) is 10.5.